The Morgan fingerprint density at radius 1 is 1.16 bits per heavy atom. The van der Waals surface area contributed by atoms with E-state index in [0.717, 1.165) is 43.7 Å². The lowest BCUT2D eigenvalue weighted by atomic mass is 9.63. The highest BCUT2D eigenvalue weighted by Crippen LogP contribution is 2.48. The second-order valence-corrected chi connectivity index (χ2v) is 12.0. The van der Waals surface area contributed by atoms with Crippen LogP contribution in [0, 0.1) is 12.3 Å². The Hall–Kier alpha value is -3.45. The van der Waals surface area contributed by atoms with Crippen molar-refractivity contribution < 1.29 is 17.2 Å². The van der Waals surface area contributed by atoms with Crippen LogP contribution in [0.2, 0.25) is 0 Å². The third kappa shape index (κ3) is 11.0. The molecule has 1 aliphatic heterocycles. The molecule has 3 aliphatic rings. The molecule has 2 fully saturated rings. The number of rotatable bonds is 12. The summed E-state index contributed by atoms with van der Waals surface area (Å²) in [5, 5.41) is 5.87. The van der Waals surface area contributed by atoms with Gasteiger partial charge in [0.2, 0.25) is 5.91 Å². The van der Waals surface area contributed by atoms with E-state index in [9.17, 15) is 9.59 Å². The minimum absolute atomic E-state index is 0. The van der Waals surface area contributed by atoms with Crippen LogP contribution >= 0.6 is 0 Å². The number of nitrogens with zero attached hydrogens (tertiary/aromatic N) is 2. The minimum atomic E-state index is -0.257. The molecule has 2 aliphatic carbocycles. The highest BCUT2D eigenvalue weighted by molar-refractivity contribution is 6.04. The van der Waals surface area contributed by atoms with E-state index >= 15 is 0 Å². The molecule has 1 saturated heterocycles. The Morgan fingerprint density at radius 2 is 1.91 bits per heavy atom. The van der Waals surface area contributed by atoms with Crippen LogP contribution in [-0.2, 0) is 14.3 Å². The second-order valence-electron chi connectivity index (χ2n) is 12.0. The molecule has 43 heavy (non-hydrogen) atoms. The fourth-order valence-electron chi connectivity index (χ4n) is 5.70. The normalized spacial score (nSPS) is 19.6. The number of ether oxygens (including phenoxy) is 1. The van der Waals surface area contributed by atoms with Crippen LogP contribution < -0.4 is 10.6 Å². The molecule has 1 atom stereocenters. The van der Waals surface area contributed by atoms with Crippen molar-refractivity contribution in [2.24, 2.45) is 5.41 Å². The zero-order chi connectivity index (χ0) is 31.2. The van der Waals surface area contributed by atoms with Gasteiger partial charge in [-0.25, -0.2) is 0 Å². The van der Waals surface area contributed by atoms with Gasteiger partial charge in [-0.05, 0) is 102 Å². The lowest BCUT2D eigenvalue weighted by Crippen LogP contribution is -2.45. The molecular weight excluding hydrogens is 536 g/mol. The van der Waals surface area contributed by atoms with Gasteiger partial charge < -0.3 is 15.4 Å². The lowest BCUT2D eigenvalue weighted by Gasteiger charge is -2.47. The van der Waals surface area contributed by atoms with E-state index in [1.807, 2.05) is 45.9 Å². The quantitative estimate of drug-likeness (QED) is 0.110. The maximum absolute atomic E-state index is 12.9. The number of allylic oxidation sites excluding steroid dienone is 5. The maximum atomic E-state index is 12.9. The first kappa shape index (κ1) is 34.0. The number of aryl methyl sites for hydroxylation is 1. The molecule has 2 heterocycles. The predicted octanol–water partition coefficient (Wildman–Crippen LogP) is 8.53. The SMILES string of the molecule is C=C(C)/C=C(\C=C/CCC(=C)C(=O)Nc1cc(NC(=O)CN2CCC3(CCC3)CC2)cnc1C)OC1CC=CCC1.CC.[HH].[HH]. The summed E-state index contributed by atoms with van der Waals surface area (Å²) in [6, 6.07) is 1.76. The molecular formula is C36H56N4O3. The van der Waals surface area contributed by atoms with E-state index in [1.165, 1.54) is 32.1 Å². The van der Waals surface area contributed by atoms with Gasteiger partial charge in [0.1, 0.15) is 11.9 Å². The maximum Gasteiger partial charge on any atom is 0.251 e. The summed E-state index contributed by atoms with van der Waals surface area (Å²) < 4.78 is 6.17. The van der Waals surface area contributed by atoms with Crippen LogP contribution in [0.5, 0.6) is 0 Å². The molecule has 238 valence electrons. The number of piperidine rings is 1. The van der Waals surface area contributed by atoms with Gasteiger partial charge in [-0.2, -0.15) is 0 Å². The monoisotopic (exact) mass is 592 g/mol. The number of hydrogen-bond donors (Lipinski definition) is 2. The smallest absolute Gasteiger partial charge is 0.251 e. The van der Waals surface area contributed by atoms with Gasteiger partial charge >= 0.3 is 0 Å². The molecule has 1 spiro atoms. The number of hydrogen-bond acceptors (Lipinski definition) is 5. The van der Waals surface area contributed by atoms with Gasteiger partial charge in [-0.1, -0.05) is 57.2 Å². The van der Waals surface area contributed by atoms with Crippen LogP contribution in [0.25, 0.3) is 0 Å². The topological polar surface area (TPSA) is 83.6 Å². The first-order valence-electron chi connectivity index (χ1n) is 16.0. The number of carbonyl (C=O) groups excluding carboxylic acids is 2. The summed E-state index contributed by atoms with van der Waals surface area (Å²) in [6.45, 7) is 18.1. The van der Waals surface area contributed by atoms with E-state index in [1.54, 1.807) is 12.3 Å². The number of likely N-dealkylation sites (tertiary alicyclic amines) is 1. The third-order valence-corrected chi connectivity index (χ3v) is 8.45. The van der Waals surface area contributed by atoms with Crippen molar-refractivity contribution in [3.8, 4) is 0 Å². The summed E-state index contributed by atoms with van der Waals surface area (Å²) >= 11 is 0. The molecule has 1 aromatic rings. The van der Waals surface area contributed by atoms with Crippen molar-refractivity contribution in [1.82, 2.24) is 9.88 Å². The fraction of sp³-hybridized carbons (Fsp3) is 0.528. The van der Waals surface area contributed by atoms with E-state index in [2.05, 4.69) is 45.8 Å². The van der Waals surface area contributed by atoms with Crippen LogP contribution in [0.4, 0.5) is 11.4 Å². The molecule has 2 amide bonds. The summed E-state index contributed by atoms with van der Waals surface area (Å²) in [6.07, 6.45) is 22.6. The summed E-state index contributed by atoms with van der Waals surface area (Å²) in [7, 11) is 0. The Balaban J connectivity index is 0.00000248. The Kier molecular flexibility index (Phi) is 13.5. The predicted molar refractivity (Wildman–Crippen MR) is 182 cm³/mol. The highest BCUT2D eigenvalue weighted by atomic mass is 16.5. The number of amides is 2. The fourth-order valence-corrected chi connectivity index (χ4v) is 5.70. The Labute approximate surface area is 262 Å². The van der Waals surface area contributed by atoms with Gasteiger partial charge in [0.05, 0.1) is 29.8 Å². The van der Waals surface area contributed by atoms with Gasteiger partial charge in [0.15, 0.2) is 0 Å². The molecule has 7 heteroatoms. The van der Waals surface area contributed by atoms with E-state index < -0.39 is 0 Å². The Morgan fingerprint density at radius 3 is 2.53 bits per heavy atom. The van der Waals surface area contributed by atoms with Crippen molar-refractivity contribution in [3.63, 3.8) is 0 Å². The third-order valence-electron chi connectivity index (χ3n) is 8.45. The first-order valence-corrected chi connectivity index (χ1v) is 16.0. The van der Waals surface area contributed by atoms with Gasteiger partial charge in [0, 0.05) is 14.8 Å². The first-order chi connectivity index (χ1) is 20.7. The van der Waals surface area contributed by atoms with Crippen LogP contribution in [0.3, 0.4) is 0 Å². The van der Waals surface area contributed by atoms with E-state index in [-0.39, 0.29) is 20.8 Å². The lowest BCUT2D eigenvalue weighted by molar-refractivity contribution is -0.118. The van der Waals surface area contributed by atoms with Gasteiger partial charge in [0.25, 0.3) is 5.91 Å². The highest BCUT2D eigenvalue weighted by Gasteiger charge is 2.39. The zero-order valence-corrected chi connectivity index (χ0v) is 26.8. The molecule has 2 N–H and O–H groups in total. The standard InChI is InChI=1S/C34H46N4O3.C2H6.2H2/c1-25(2)21-30(41-29-12-6-5-7-13-29)14-9-8-11-26(3)33(40)37-31-22-28(23-35-27(31)4)36-32(39)24-38-19-17-34(18-20-38)15-10-16-34;1-2;;/h5-6,9,14,21-23,29H,1,3,7-8,10-13,15-20,24H2,2,4H3,(H,36,39)(H,37,40);1-2H3;2*1H/b14-9-,30-21+;;;. The largest absolute Gasteiger partial charge is 0.490 e. The van der Waals surface area contributed by atoms with Crippen molar-refractivity contribution in [2.45, 2.75) is 98.0 Å². The summed E-state index contributed by atoms with van der Waals surface area (Å²) in [5.74, 6) is 0.474. The van der Waals surface area contributed by atoms with Gasteiger partial charge in [-0.3, -0.25) is 19.5 Å². The van der Waals surface area contributed by atoms with Gasteiger partial charge in [-0.15, -0.1) is 0 Å². The average molecular weight is 593 g/mol. The van der Waals surface area contributed by atoms with Crippen LogP contribution in [0.1, 0.15) is 93.5 Å². The Bertz CT molecular complexity index is 1230. The number of pyridine rings is 1. The van der Waals surface area contributed by atoms with Crippen LogP contribution in [-0.4, -0.2) is 47.4 Å². The molecule has 0 radical (unpaired) electrons. The zero-order valence-electron chi connectivity index (χ0n) is 26.8. The number of anilines is 2. The number of aromatic nitrogens is 1. The van der Waals surface area contributed by atoms with E-state index in [4.69, 9.17) is 4.74 Å². The summed E-state index contributed by atoms with van der Waals surface area (Å²) in [4.78, 5) is 32.2. The molecule has 0 aromatic carbocycles. The average Bonchev–Trinajstić information content (AvgIpc) is 2.97. The minimum Gasteiger partial charge on any atom is -0.490 e. The summed E-state index contributed by atoms with van der Waals surface area (Å²) in [5.41, 5.74) is 3.78. The van der Waals surface area contributed by atoms with E-state index in [0.29, 0.717) is 47.4 Å². The van der Waals surface area contributed by atoms with Crippen molar-refractivity contribution in [1.29, 1.82) is 0 Å². The molecule has 1 unspecified atom stereocenters. The molecule has 0 bridgehead atoms. The molecule has 7 nitrogen and oxygen atoms in total. The molecule has 1 saturated carbocycles. The second kappa shape index (κ2) is 17.0. The number of carbonyl (C=O) groups is 2. The van der Waals surface area contributed by atoms with Crippen LogP contribution in [0.15, 0.2) is 72.7 Å². The van der Waals surface area contributed by atoms with Crippen molar-refractivity contribution >= 4 is 23.2 Å². The molecule has 4 rings (SSSR count). The molecule has 1 aromatic heterocycles. The van der Waals surface area contributed by atoms with Crippen molar-refractivity contribution in [2.75, 3.05) is 30.3 Å². The number of nitrogens with one attached hydrogen (secondary N) is 2. The van der Waals surface area contributed by atoms with Crippen molar-refractivity contribution in [3.05, 3.63) is 78.4 Å².